The average molecular weight is 372 g/mol. The number of sulfonamides is 1. The third-order valence-electron chi connectivity index (χ3n) is 3.95. The van der Waals surface area contributed by atoms with Gasteiger partial charge in [0.1, 0.15) is 12.4 Å². The molecule has 140 valence electrons. The molecule has 0 radical (unpaired) electrons. The monoisotopic (exact) mass is 372 g/mol. The van der Waals surface area contributed by atoms with Crippen molar-refractivity contribution < 1.29 is 27.4 Å². The number of ether oxygens (including phenoxy) is 3. The van der Waals surface area contributed by atoms with Crippen LogP contribution in [-0.4, -0.2) is 83.7 Å². The average Bonchev–Trinajstić information content (AvgIpc) is 2.65. The van der Waals surface area contributed by atoms with Crippen LogP contribution in [0.2, 0.25) is 0 Å². The van der Waals surface area contributed by atoms with Gasteiger partial charge in [0.15, 0.2) is 0 Å². The smallest absolute Gasteiger partial charge is 0.248 e. The third-order valence-corrected chi connectivity index (χ3v) is 5.86. The minimum Gasteiger partial charge on any atom is -0.497 e. The van der Waals surface area contributed by atoms with Gasteiger partial charge in [0.05, 0.1) is 25.2 Å². The zero-order valence-electron chi connectivity index (χ0n) is 14.5. The van der Waals surface area contributed by atoms with Gasteiger partial charge < -0.3 is 19.1 Å². The fourth-order valence-corrected chi connectivity index (χ4v) is 3.89. The van der Waals surface area contributed by atoms with Crippen LogP contribution in [0, 0.1) is 0 Å². The van der Waals surface area contributed by atoms with Crippen LogP contribution >= 0.6 is 0 Å². The maximum atomic E-state index is 12.7. The molecule has 1 aromatic rings. The summed E-state index contributed by atoms with van der Waals surface area (Å²) in [4.78, 5) is 13.9. The van der Waals surface area contributed by atoms with Gasteiger partial charge in [-0.3, -0.25) is 4.79 Å². The molecule has 0 aromatic heterocycles. The van der Waals surface area contributed by atoms with Gasteiger partial charge in [-0.25, -0.2) is 8.42 Å². The van der Waals surface area contributed by atoms with Gasteiger partial charge in [-0.2, -0.15) is 4.31 Å². The Balaban J connectivity index is 1.88. The molecule has 1 saturated heterocycles. The number of hydrogen-bond acceptors (Lipinski definition) is 6. The molecule has 2 rings (SSSR count). The molecular weight excluding hydrogens is 348 g/mol. The number of hydrogen-bond donors (Lipinski definition) is 0. The van der Waals surface area contributed by atoms with Crippen molar-refractivity contribution in [3.05, 3.63) is 24.3 Å². The molecule has 0 unspecified atom stereocenters. The maximum Gasteiger partial charge on any atom is 0.248 e. The molecule has 0 N–H and O–H groups in total. The fourth-order valence-electron chi connectivity index (χ4n) is 2.47. The number of carbonyl (C=O) groups is 1. The Labute approximate surface area is 148 Å². The van der Waals surface area contributed by atoms with E-state index in [1.165, 1.54) is 23.5 Å². The lowest BCUT2D eigenvalue weighted by Crippen LogP contribution is -2.51. The normalized spacial score (nSPS) is 16.0. The maximum absolute atomic E-state index is 12.7. The second-order valence-corrected chi connectivity index (χ2v) is 7.44. The van der Waals surface area contributed by atoms with Crippen LogP contribution < -0.4 is 4.74 Å². The van der Waals surface area contributed by atoms with E-state index in [0.717, 1.165) is 0 Å². The summed E-state index contributed by atoms with van der Waals surface area (Å²) >= 11 is 0. The number of carbonyl (C=O) groups excluding carboxylic acids is 1. The number of methoxy groups -OCH3 is 2. The zero-order valence-corrected chi connectivity index (χ0v) is 15.3. The topological polar surface area (TPSA) is 85.4 Å². The highest BCUT2D eigenvalue weighted by molar-refractivity contribution is 7.89. The Hall–Kier alpha value is -1.68. The molecule has 1 amide bonds. The Morgan fingerprint density at radius 1 is 1.04 bits per heavy atom. The Morgan fingerprint density at radius 3 is 2.24 bits per heavy atom. The van der Waals surface area contributed by atoms with E-state index < -0.39 is 10.0 Å². The first-order valence-corrected chi connectivity index (χ1v) is 9.41. The standard InChI is InChI=1S/C16H24N2O6S/c1-22-11-12-24-13-16(19)17-7-9-18(10-8-17)25(20,21)15-5-3-14(23-2)4-6-15/h3-6H,7-13H2,1-2H3. The number of piperazine rings is 1. The molecule has 25 heavy (non-hydrogen) atoms. The predicted molar refractivity (Wildman–Crippen MR) is 91.0 cm³/mol. The van der Waals surface area contributed by atoms with Crippen molar-refractivity contribution in [2.45, 2.75) is 4.90 Å². The summed E-state index contributed by atoms with van der Waals surface area (Å²) in [6, 6.07) is 6.28. The number of nitrogens with zero attached hydrogens (tertiary/aromatic N) is 2. The highest BCUT2D eigenvalue weighted by Crippen LogP contribution is 2.20. The minimum atomic E-state index is -3.57. The fraction of sp³-hybridized carbons (Fsp3) is 0.562. The second-order valence-electron chi connectivity index (χ2n) is 5.51. The highest BCUT2D eigenvalue weighted by atomic mass is 32.2. The summed E-state index contributed by atoms with van der Waals surface area (Å²) < 4.78 is 41.8. The van der Waals surface area contributed by atoms with Crippen LogP contribution in [0.5, 0.6) is 5.75 Å². The van der Waals surface area contributed by atoms with E-state index in [-0.39, 0.29) is 30.5 Å². The van der Waals surface area contributed by atoms with Gasteiger partial charge in [-0.05, 0) is 24.3 Å². The molecule has 9 heteroatoms. The van der Waals surface area contributed by atoms with E-state index in [1.54, 1.807) is 24.1 Å². The van der Waals surface area contributed by atoms with Crippen LogP contribution in [0.1, 0.15) is 0 Å². The van der Waals surface area contributed by atoms with Crippen LogP contribution in [0.4, 0.5) is 0 Å². The molecule has 1 aromatic carbocycles. The Morgan fingerprint density at radius 2 is 1.68 bits per heavy atom. The third kappa shape index (κ3) is 5.15. The SMILES string of the molecule is COCCOCC(=O)N1CCN(S(=O)(=O)c2ccc(OC)cc2)CC1. The lowest BCUT2D eigenvalue weighted by molar-refractivity contribution is -0.137. The zero-order chi connectivity index (χ0) is 18.3. The van der Waals surface area contributed by atoms with Gasteiger partial charge >= 0.3 is 0 Å². The van der Waals surface area contributed by atoms with Crippen LogP contribution in [0.3, 0.4) is 0 Å². The van der Waals surface area contributed by atoms with Crippen LogP contribution in [0.15, 0.2) is 29.2 Å². The molecule has 0 aliphatic carbocycles. The van der Waals surface area contributed by atoms with E-state index in [1.807, 2.05) is 0 Å². The molecule has 0 spiro atoms. The molecule has 1 heterocycles. The Bertz CT molecular complexity index is 654. The first-order valence-electron chi connectivity index (χ1n) is 7.97. The Kier molecular flexibility index (Phi) is 7.18. The second kappa shape index (κ2) is 9.14. The van der Waals surface area contributed by atoms with Crippen molar-refractivity contribution >= 4 is 15.9 Å². The molecule has 0 saturated carbocycles. The molecule has 0 bridgehead atoms. The lowest BCUT2D eigenvalue weighted by atomic mass is 10.3. The number of rotatable bonds is 8. The van der Waals surface area contributed by atoms with Crippen molar-refractivity contribution in [3.8, 4) is 5.75 Å². The molecule has 1 aliphatic rings. The first-order chi connectivity index (χ1) is 12.0. The van der Waals surface area contributed by atoms with E-state index in [4.69, 9.17) is 14.2 Å². The largest absolute Gasteiger partial charge is 0.497 e. The summed E-state index contributed by atoms with van der Waals surface area (Å²) in [5.41, 5.74) is 0. The van der Waals surface area contributed by atoms with Gasteiger partial charge in [0, 0.05) is 33.3 Å². The summed E-state index contributed by atoms with van der Waals surface area (Å²) in [7, 11) is -0.479. The van der Waals surface area contributed by atoms with Crippen molar-refractivity contribution in [2.24, 2.45) is 0 Å². The van der Waals surface area contributed by atoms with E-state index in [9.17, 15) is 13.2 Å². The number of benzene rings is 1. The van der Waals surface area contributed by atoms with Gasteiger partial charge in [-0.1, -0.05) is 0 Å². The highest BCUT2D eigenvalue weighted by Gasteiger charge is 2.30. The number of amides is 1. The predicted octanol–water partition coefficient (Wildman–Crippen LogP) is 0.191. The molecule has 0 atom stereocenters. The van der Waals surface area contributed by atoms with Crippen LogP contribution in [0.25, 0.3) is 0 Å². The lowest BCUT2D eigenvalue weighted by Gasteiger charge is -2.34. The molecule has 1 aliphatic heterocycles. The van der Waals surface area contributed by atoms with Gasteiger partial charge in [-0.15, -0.1) is 0 Å². The first kappa shape index (κ1) is 19.6. The quantitative estimate of drug-likeness (QED) is 0.606. The summed E-state index contributed by atoms with van der Waals surface area (Å²) in [6.45, 7) is 1.99. The van der Waals surface area contributed by atoms with E-state index >= 15 is 0 Å². The van der Waals surface area contributed by atoms with E-state index in [2.05, 4.69) is 0 Å². The molecular formula is C16H24N2O6S. The van der Waals surface area contributed by atoms with Crippen molar-refractivity contribution in [2.75, 3.05) is 60.2 Å². The van der Waals surface area contributed by atoms with Crippen molar-refractivity contribution in [1.82, 2.24) is 9.21 Å². The van der Waals surface area contributed by atoms with Gasteiger partial charge in [0.2, 0.25) is 15.9 Å². The summed E-state index contributed by atoms with van der Waals surface area (Å²) in [5, 5.41) is 0. The van der Waals surface area contributed by atoms with Crippen LogP contribution in [-0.2, 0) is 24.3 Å². The van der Waals surface area contributed by atoms with Crippen molar-refractivity contribution in [1.29, 1.82) is 0 Å². The molecule has 1 fully saturated rings. The summed E-state index contributed by atoms with van der Waals surface area (Å²) in [5.74, 6) is 0.459. The van der Waals surface area contributed by atoms with Gasteiger partial charge in [0.25, 0.3) is 0 Å². The minimum absolute atomic E-state index is 0.0193. The van der Waals surface area contributed by atoms with Crippen molar-refractivity contribution in [3.63, 3.8) is 0 Å². The van der Waals surface area contributed by atoms with E-state index in [0.29, 0.717) is 32.1 Å². The summed E-state index contributed by atoms with van der Waals surface area (Å²) in [6.07, 6.45) is 0. The molecule has 8 nitrogen and oxygen atoms in total.